The maximum absolute atomic E-state index is 4.39. The number of aryl methyl sites for hydroxylation is 1. The number of rotatable bonds is 2. The second kappa shape index (κ2) is 4.21. The highest BCUT2D eigenvalue weighted by Gasteiger charge is 2.29. The van der Waals surface area contributed by atoms with Crippen molar-refractivity contribution in [2.75, 3.05) is 0 Å². The zero-order valence-electron chi connectivity index (χ0n) is 9.93. The van der Waals surface area contributed by atoms with Crippen LogP contribution in [-0.4, -0.2) is 5.84 Å². The molecule has 2 heteroatoms. The van der Waals surface area contributed by atoms with Crippen molar-refractivity contribution in [2.24, 2.45) is 10.9 Å². The topological polar surface area (TPSA) is 24.4 Å². The van der Waals surface area contributed by atoms with Gasteiger partial charge < -0.3 is 5.32 Å². The molecular formula is C15H16N2. The van der Waals surface area contributed by atoms with E-state index in [0.717, 1.165) is 12.3 Å². The van der Waals surface area contributed by atoms with E-state index in [9.17, 15) is 0 Å². The molecule has 2 atom stereocenters. The van der Waals surface area contributed by atoms with Crippen LogP contribution < -0.4 is 5.32 Å². The fourth-order valence-electron chi connectivity index (χ4n) is 2.65. The van der Waals surface area contributed by atoms with Gasteiger partial charge in [-0.1, -0.05) is 43.3 Å². The first-order chi connectivity index (χ1) is 8.40. The van der Waals surface area contributed by atoms with Crippen LogP contribution in [0.5, 0.6) is 0 Å². The minimum atomic E-state index is 0.382. The monoisotopic (exact) mass is 224 g/mol. The molecule has 1 aromatic rings. The Morgan fingerprint density at radius 1 is 1.18 bits per heavy atom. The van der Waals surface area contributed by atoms with E-state index in [1.165, 1.54) is 11.1 Å². The third-order valence-corrected chi connectivity index (χ3v) is 3.54. The molecule has 0 aromatic heterocycles. The van der Waals surface area contributed by atoms with E-state index >= 15 is 0 Å². The van der Waals surface area contributed by atoms with E-state index in [1.807, 2.05) is 12.4 Å². The van der Waals surface area contributed by atoms with E-state index in [2.05, 4.69) is 53.7 Å². The summed E-state index contributed by atoms with van der Waals surface area (Å²) in [6.45, 7) is 2.21. The van der Waals surface area contributed by atoms with E-state index in [4.69, 9.17) is 0 Å². The van der Waals surface area contributed by atoms with Gasteiger partial charge in [0.2, 0.25) is 0 Å². The third kappa shape index (κ3) is 1.70. The van der Waals surface area contributed by atoms with Crippen LogP contribution in [0.2, 0.25) is 0 Å². The fourth-order valence-corrected chi connectivity index (χ4v) is 2.65. The summed E-state index contributed by atoms with van der Waals surface area (Å²) >= 11 is 0. The van der Waals surface area contributed by atoms with Crippen LogP contribution in [0.4, 0.5) is 0 Å². The predicted molar refractivity (Wildman–Crippen MR) is 70.9 cm³/mol. The van der Waals surface area contributed by atoms with Crippen molar-refractivity contribution in [2.45, 2.75) is 19.3 Å². The SMILES string of the molecule is CCc1ccccc1C1C=CN=C2NC=CC21. The van der Waals surface area contributed by atoms with Crippen LogP contribution in [0.1, 0.15) is 24.0 Å². The molecule has 3 rings (SSSR count). The molecule has 0 amide bonds. The normalized spacial score (nSPS) is 25.4. The molecular weight excluding hydrogens is 208 g/mol. The number of amidine groups is 1. The molecule has 2 unspecified atom stereocenters. The van der Waals surface area contributed by atoms with E-state index in [0.29, 0.717) is 11.8 Å². The second-order valence-electron chi connectivity index (χ2n) is 4.46. The largest absolute Gasteiger partial charge is 0.350 e. The Bertz CT molecular complexity index is 511. The predicted octanol–water partition coefficient (Wildman–Crippen LogP) is 2.99. The lowest BCUT2D eigenvalue weighted by Crippen LogP contribution is -2.26. The number of nitrogens with zero attached hydrogens (tertiary/aromatic N) is 1. The van der Waals surface area contributed by atoms with Gasteiger partial charge in [-0.05, 0) is 23.7 Å². The summed E-state index contributed by atoms with van der Waals surface area (Å²) in [5, 5.41) is 3.21. The van der Waals surface area contributed by atoms with Crippen LogP contribution in [0.3, 0.4) is 0 Å². The van der Waals surface area contributed by atoms with Gasteiger partial charge in [-0.3, -0.25) is 0 Å². The number of hydrogen-bond acceptors (Lipinski definition) is 2. The Balaban J connectivity index is 2.02. The molecule has 17 heavy (non-hydrogen) atoms. The standard InChI is InChI=1S/C15H16N2/c1-2-11-5-3-4-6-12(11)13-7-9-16-15-14(13)8-10-17-15/h3-10,13-14H,2H2,1H3,(H,16,17). The van der Waals surface area contributed by atoms with E-state index in [-0.39, 0.29) is 0 Å². The molecule has 0 saturated carbocycles. The smallest absolute Gasteiger partial charge is 0.113 e. The Morgan fingerprint density at radius 2 is 2.06 bits per heavy atom. The van der Waals surface area contributed by atoms with Crippen molar-refractivity contribution in [3.05, 3.63) is 59.9 Å². The maximum atomic E-state index is 4.39. The van der Waals surface area contributed by atoms with E-state index in [1.54, 1.807) is 0 Å². The minimum absolute atomic E-state index is 0.382. The average molecular weight is 224 g/mol. The molecule has 1 aromatic carbocycles. The fraction of sp³-hybridized carbons (Fsp3) is 0.267. The Labute approximate surface area is 102 Å². The second-order valence-corrected chi connectivity index (χ2v) is 4.46. The van der Waals surface area contributed by atoms with Crippen LogP contribution >= 0.6 is 0 Å². The molecule has 0 bridgehead atoms. The highest BCUT2D eigenvalue weighted by Crippen LogP contribution is 2.34. The van der Waals surface area contributed by atoms with Gasteiger partial charge in [0, 0.05) is 18.0 Å². The van der Waals surface area contributed by atoms with Gasteiger partial charge in [-0.2, -0.15) is 0 Å². The highest BCUT2D eigenvalue weighted by atomic mass is 15.0. The molecule has 0 saturated heterocycles. The van der Waals surface area contributed by atoms with Crippen LogP contribution in [0.25, 0.3) is 0 Å². The van der Waals surface area contributed by atoms with Crippen molar-refractivity contribution in [1.29, 1.82) is 0 Å². The van der Waals surface area contributed by atoms with Gasteiger partial charge in [0.25, 0.3) is 0 Å². The highest BCUT2D eigenvalue weighted by molar-refractivity contribution is 5.91. The van der Waals surface area contributed by atoms with Crippen molar-refractivity contribution < 1.29 is 0 Å². The Hall–Kier alpha value is -1.83. The molecule has 0 radical (unpaired) electrons. The number of fused-ring (bicyclic) bond motifs is 1. The first kappa shape index (κ1) is 10.3. The summed E-state index contributed by atoms with van der Waals surface area (Å²) in [6.07, 6.45) is 9.41. The number of hydrogen-bond donors (Lipinski definition) is 1. The van der Waals surface area contributed by atoms with Gasteiger partial charge >= 0.3 is 0 Å². The van der Waals surface area contributed by atoms with Crippen molar-refractivity contribution in [3.8, 4) is 0 Å². The molecule has 1 N–H and O–H groups in total. The summed E-state index contributed by atoms with van der Waals surface area (Å²) in [6, 6.07) is 8.70. The summed E-state index contributed by atoms with van der Waals surface area (Å²) in [7, 11) is 0. The van der Waals surface area contributed by atoms with Crippen LogP contribution in [-0.2, 0) is 6.42 Å². The Kier molecular flexibility index (Phi) is 2.56. The van der Waals surface area contributed by atoms with Crippen molar-refractivity contribution in [3.63, 3.8) is 0 Å². The molecule has 2 nitrogen and oxygen atoms in total. The van der Waals surface area contributed by atoms with Crippen molar-refractivity contribution >= 4 is 5.84 Å². The van der Waals surface area contributed by atoms with Gasteiger partial charge in [0.05, 0.1) is 0 Å². The van der Waals surface area contributed by atoms with Gasteiger partial charge in [0.15, 0.2) is 0 Å². The lowest BCUT2D eigenvalue weighted by Gasteiger charge is -2.24. The number of allylic oxidation sites excluding steroid dienone is 1. The van der Waals surface area contributed by atoms with Crippen LogP contribution in [0, 0.1) is 5.92 Å². The zero-order chi connectivity index (χ0) is 11.7. The van der Waals surface area contributed by atoms with Gasteiger partial charge in [0.1, 0.15) is 5.84 Å². The number of aliphatic imine (C=N–C) groups is 1. The molecule has 86 valence electrons. The summed E-state index contributed by atoms with van der Waals surface area (Å²) < 4.78 is 0. The van der Waals surface area contributed by atoms with Gasteiger partial charge in [-0.15, -0.1) is 0 Å². The Morgan fingerprint density at radius 3 is 2.94 bits per heavy atom. The minimum Gasteiger partial charge on any atom is -0.350 e. The first-order valence-electron chi connectivity index (χ1n) is 6.15. The molecule has 0 aliphatic carbocycles. The van der Waals surface area contributed by atoms with Gasteiger partial charge in [-0.25, -0.2) is 4.99 Å². The quantitative estimate of drug-likeness (QED) is 0.820. The summed E-state index contributed by atoms with van der Waals surface area (Å²) in [4.78, 5) is 4.39. The van der Waals surface area contributed by atoms with Crippen molar-refractivity contribution in [1.82, 2.24) is 5.32 Å². The molecule has 2 heterocycles. The molecule has 0 spiro atoms. The maximum Gasteiger partial charge on any atom is 0.113 e. The molecule has 2 aliphatic rings. The number of benzene rings is 1. The first-order valence-corrected chi connectivity index (χ1v) is 6.15. The van der Waals surface area contributed by atoms with Crippen LogP contribution in [0.15, 0.2) is 53.8 Å². The lowest BCUT2D eigenvalue weighted by atomic mass is 9.82. The lowest BCUT2D eigenvalue weighted by molar-refractivity contribution is 0.723. The molecule has 2 aliphatic heterocycles. The molecule has 0 fully saturated rings. The summed E-state index contributed by atoms with van der Waals surface area (Å²) in [5.41, 5.74) is 2.86. The van der Waals surface area contributed by atoms with E-state index < -0.39 is 0 Å². The summed E-state index contributed by atoms with van der Waals surface area (Å²) in [5.74, 6) is 1.88. The zero-order valence-corrected chi connectivity index (χ0v) is 9.93. The third-order valence-electron chi connectivity index (χ3n) is 3.54. The average Bonchev–Trinajstić information content (AvgIpc) is 2.86. The number of nitrogens with one attached hydrogen (secondary N) is 1.